The number of aromatic nitrogens is 2. The molecule has 0 aliphatic carbocycles. The maximum atomic E-state index is 13.3. The molecular formula is C16H18F2N4O3S. The Morgan fingerprint density at radius 2 is 1.77 bits per heavy atom. The summed E-state index contributed by atoms with van der Waals surface area (Å²) < 4.78 is 58.1. The summed E-state index contributed by atoms with van der Waals surface area (Å²) in [4.78, 5) is 7.65. The number of sulfonamides is 1. The van der Waals surface area contributed by atoms with Crippen LogP contribution < -0.4 is 10.1 Å². The summed E-state index contributed by atoms with van der Waals surface area (Å²) >= 11 is 0. The van der Waals surface area contributed by atoms with Gasteiger partial charge in [-0.1, -0.05) is 0 Å². The highest BCUT2D eigenvalue weighted by atomic mass is 32.2. The van der Waals surface area contributed by atoms with Crippen molar-refractivity contribution in [2.75, 3.05) is 25.5 Å². The van der Waals surface area contributed by atoms with Crippen LogP contribution >= 0.6 is 0 Å². The Balaban J connectivity index is 1.65. The van der Waals surface area contributed by atoms with E-state index in [9.17, 15) is 17.2 Å². The second-order valence-corrected chi connectivity index (χ2v) is 7.81. The highest BCUT2D eigenvalue weighted by molar-refractivity contribution is 7.89. The van der Waals surface area contributed by atoms with Crippen LogP contribution in [0.15, 0.2) is 35.5 Å². The van der Waals surface area contributed by atoms with E-state index in [4.69, 9.17) is 4.74 Å². The molecule has 0 spiro atoms. The number of methoxy groups -OCH3 is 1. The summed E-state index contributed by atoms with van der Waals surface area (Å²) in [5.74, 6) is -0.823. The van der Waals surface area contributed by atoms with Gasteiger partial charge in [0.2, 0.25) is 15.9 Å². The zero-order valence-corrected chi connectivity index (χ0v) is 14.8. The van der Waals surface area contributed by atoms with E-state index in [1.54, 1.807) is 6.07 Å². The number of nitrogens with one attached hydrogen (secondary N) is 1. The molecule has 0 amide bonds. The minimum absolute atomic E-state index is 0.0188. The van der Waals surface area contributed by atoms with Gasteiger partial charge < -0.3 is 10.1 Å². The lowest BCUT2D eigenvalue weighted by Crippen LogP contribution is -2.42. The number of anilines is 1. The Labute approximate surface area is 150 Å². The van der Waals surface area contributed by atoms with Gasteiger partial charge in [-0.15, -0.1) is 0 Å². The third kappa shape index (κ3) is 4.07. The molecule has 0 radical (unpaired) electrons. The van der Waals surface area contributed by atoms with Gasteiger partial charge in [-0.2, -0.15) is 4.31 Å². The normalized spacial score (nSPS) is 16.4. The Kier molecular flexibility index (Phi) is 5.33. The van der Waals surface area contributed by atoms with Crippen molar-refractivity contribution >= 4 is 15.8 Å². The lowest BCUT2D eigenvalue weighted by Gasteiger charge is -2.31. The molecule has 1 aromatic heterocycles. The molecule has 3 rings (SSSR count). The highest BCUT2D eigenvalue weighted by Crippen LogP contribution is 2.24. The second kappa shape index (κ2) is 7.50. The van der Waals surface area contributed by atoms with Crippen molar-refractivity contribution in [1.82, 2.24) is 14.3 Å². The molecule has 7 nitrogen and oxygen atoms in total. The number of piperidine rings is 1. The number of halogens is 2. The molecule has 10 heteroatoms. The molecule has 1 aromatic carbocycles. The van der Waals surface area contributed by atoms with E-state index in [1.807, 2.05) is 0 Å². The summed E-state index contributed by atoms with van der Waals surface area (Å²) in [5, 5.41) is 3.21. The van der Waals surface area contributed by atoms with Crippen LogP contribution in [-0.4, -0.2) is 48.9 Å². The smallest absolute Gasteiger partial charge is 0.243 e. The Bertz CT molecular complexity index is 867. The predicted octanol–water partition coefficient (Wildman–Crippen LogP) is 2.03. The van der Waals surface area contributed by atoms with Crippen LogP contribution in [0, 0.1) is 11.6 Å². The number of hydrogen-bond donors (Lipinski definition) is 1. The van der Waals surface area contributed by atoms with E-state index in [0.29, 0.717) is 30.6 Å². The van der Waals surface area contributed by atoms with Gasteiger partial charge in [-0.05, 0) is 25.0 Å². The van der Waals surface area contributed by atoms with Gasteiger partial charge in [0, 0.05) is 31.3 Å². The van der Waals surface area contributed by atoms with Gasteiger partial charge in [-0.3, -0.25) is 0 Å². The average Bonchev–Trinajstić information content (AvgIpc) is 2.61. The monoisotopic (exact) mass is 384 g/mol. The van der Waals surface area contributed by atoms with Gasteiger partial charge in [0.15, 0.2) is 0 Å². The summed E-state index contributed by atoms with van der Waals surface area (Å²) in [6.07, 6.45) is 2.44. The van der Waals surface area contributed by atoms with Crippen molar-refractivity contribution in [3.05, 3.63) is 42.2 Å². The van der Waals surface area contributed by atoms with Crippen LogP contribution in [0.4, 0.5) is 14.6 Å². The molecule has 0 unspecified atom stereocenters. The second-order valence-electron chi connectivity index (χ2n) is 5.87. The molecule has 140 valence electrons. The average molecular weight is 384 g/mol. The molecule has 0 saturated carbocycles. The third-order valence-electron chi connectivity index (χ3n) is 4.13. The first-order valence-electron chi connectivity index (χ1n) is 7.97. The quantitative estimate of drug-likeness (QED) is 0.849. The molecule has 2 aromatic rings. The van der Waals surface area contributed by atoms with E-state index in [2.05, 4.69) is 15.3 Å². The van der Waals surface area contributed by atoms with E-state index >= 15 is 0 Å². The van der Waals surface area contributed by atoms with E-state index in [0.717, 1.165) is 12.1 Å². The summed E-state index contributed by atoms with van der Waals surface area (Å²) in [6.45, 7) is 0.473. The van der Waals surface area contributed by atoms with E-state index in [1.165, 1.54) is 17.7 Å². The maximum absolute atomic E-state index is 13.3. The highest BCUT2D eigenvalue weighted by Gasteiger charge is 2.30. The Morgan fingerprint density at radius 1 is 1.12 bits per heavy atom. The molecule has 0 atom stereocenters. The van der Waals surface area contributed by atoms with Crippen molar-refractivity contribution in [2.24, 2.45) is 0 Å². The van der Waals surface area contributed by atoms with E-state index in [-0.39, 0.29) is 24.0 Å². The van der Waals surface area contributed by atoms with Gasteiger partial charge in [-0.25, -0.2) is 27.2 Å². The van der Waals surface area contributed by atoms with Crippen LogP contribution in [0.25, 0.3) is 0 Å². The molecule has 2 heterocycles. The third-order valence-corrected chi connectivity index (χ3v) is 6.01. The lowest BCUT2D eigenvalue weighted by molar-refractivity contribution is 0.329. The molecule has 1 aliphatic heterocycles. The van der Waals surface area contributed by atoms with Gasteiger partial charge in [0.1, 0.15) is 23.8 Å². The van der Waals surface area contributed by atoms with Crippen LogP contribution in [-0.2, 0) is 10.0 Å². The van der Waals surface area contributed by atoms with Gasteiger partial charge >= 0.3 is 0 Å². The minimum Gasteiger partial charge on any atom is -0.481 e. The fourth-order valence-corrected chi connectivity index (χ4v) is 4.32. The molecule has 1 fully saturated rings. The summed E-state index contributed by atoms with van der Waals surface area (Å²) in [6, 6.07) is 3.97. The van der Waals surface area contributed by atoms with Crippen LogP contribution in [0.2, 0.25) is 0 Å². The first-order chi connectivity index (χ1) is 12.4. The molecule has 0 bridgehead atoms. The molecule has 1 saturated heterocycles. The van der Waals surface area contributed by atoms with Crippen molar-refractivity contribution in [3.8, 4) is 5.88 Å². The molecule has 1 aliphatic rings. The largest absolute Gasteiger partial charge is 0.481 e. The standard InChI is InChI=1S/C16H18F2N4O3S/c1-25-16-9-15(19-10-20-16)21-13-2-4-22(5-3-13)26(23,24)14-7-11(17)6-12(18)8-14/h6-10,13H,2-5H2,1H3,(H,19,20,21). The summed E-state index contributed by atoms with van der Waals surface area (Å²) in [7, 11) is -2.43. The molecule has 1 N–H and O–H groups in total. The van der Waals surface area contributed by atoms with Gasteiger partial charge in [0.25, 0.3) is 0 Å². The van der Waals surface area contributed by atoms with Crippen LogP contribution in [0.1, 0.15) is 12.8 Å². The topological polar surface area (TPSA) is 84.4 Å². The van der Waals surface area contributed by atoms with Crippen molar-refractivity contribution < 1.29 is 21.9 Å². The molecular weight excluding hydrogens is 366 g/mol. The SMILES string of the molecule is COc1cc(NC2CCN(S(=O)(=O)c3cc(F)cc(F)c3)CC2)ncn1. The van der Waals surface area contributed by atoms with Crippen LogP contribution in [0.5, 0.6) is 5.88 Å². The number of nitrogens with zero attached hydrogens (tertiary/aromatic N) is 3. The van der Waals surface area contributed by atoms with Crippen molar-refractivity contribution in [3.63, 3.8) is 0 Å². The number of ether oxygens (including phenoxy) is 1. The van der Waals surface area contributed by atoms with E-state index < -0.39 is 21.7 Å². The molecule has 26 heavy (non-hydrogen) atoms. The fourth-order valence-electron chi connectivity index (χ4n) is 2.81. The maximum Gasteiger partial charge on any atom is 0.243 e. The van der Waals surface area contributed by atoms with Crippen molar-refractivity contribution in [2.45, 2.75) is 23.8 Å². The fraction of sp³-hybridized carbons (Fsp3) is 0.375. The number of hydrogen-bond acceptors (Lipinski definition) is 6. The zero-order chi connectivity index (χ0) is 18.7. The first kappa shape index (κ1) is 18.5. The Hall–Kier alpha value is -2.33. The summed E-state index contributed by atoms with van der Waals surface area (Å²) in [5.41, 5.74) is 0. The number of rotatable bonds is 5. The zero-order valence-electron chi connectivity index (χ0n) is 14.0. The number of benzene rings is 1. The minimum atomic E-state index is -3.93. The van der Waals surface area contributed by atoms with Crippen LogP contribution in [0.3, 0.4) is 0 Å². The Morgan fingerprint density at radius 3 is 2.38 bits per heavy atom. The predicted molar refractivity (Wildman–Crippen MR) is 90.3 cm³/mol. The lowest BCUT2D eigenvalue weighted by atomic mass is 10.1. The van der Waals surface area contributed by atoms with Crippen molar-refractivity contribution in [1.29, 1.82) is 0 Å². The first-order valence-corrected chi connectivity index (χ1v) is 9.41. The van der Waals surface area contributed by atoms with Gasteiger partial charge in [0.05, 0.1) is 12.0 Å².